The van der Waals surface area contributed by atoms with E-state index in [2.05, 4.69) is 10.3 Å². The third-order valence-corrected chi connectivity index (χ3v) is 5.13. The summed E-state index contributed by atoms with van der Waals surface area (Å²) < 4.78 is 0. The Kier molecular flexibility index (Phi) is 4.69. The molecule has 2 amide bonds. The predicted octanol–water partition coefficient (Wildman–Crippen LogP) is 2.97. The third kappa shape index (κ3) is 3.53. The number of H-pyrrole nitrogens is 1. The van der Waals surface area contributed by atoms with Gasteiger partial charge in [-0.1, -0.05) is 36.4 Å². The highest BCUT2D eigenvalue weighted by Gasteiger charge is 2.35. The number of likely N-dealkylation sites (tertiary alicyclic amines) is 1. The number of anilines is 1. The Bertz CT molecular complexity index is 1100. The molecule has 3 aromatic rings. The van der Waals surface area contributed by atoms with E-state index in [1.165, 1.54) is 0 Å². The first-order chi connectivity index (χ1) is 13.5. The van der Waals surface area contributed by atoms with Gasteiger partial charge in [-0.2, -0.15) is 0 Å². The number of rotatable bonds is 4. The summed E-state index contributed by atoms with van der Waals surface area (Å²) in [5.41, 5.74) is 2.75. The van der Waals surface area contributed by atoms with Gasteiger partial charge in [-0.05, 0) is 42.5 Å². The molecule has 0 radical (unpaired) electrons. The average molecular weight is 375 g/mol. The van der Waals surface area contributed by atoms with E-state index >= 15 is 0 Å². The monoisotopic (exact) mass is 375 g/mol. The highest BCUT2D eigenvalue weighted by molar-refractivity contribution is 6.00. The number of hydrogen-bond donors (Lipinski definition) is 2. The minimum absolute atomic E-state index is 0.0117. The molecule has 6 heteroatoms. The number of nitrogens with one attached hydrogen (secondary N) is 2. The summed E-state index contributed by atoms with van der Waals surface area (Å²) in [5, 5.41) is 3.79. The first kappa shape index (κ1) is 18.0. The summed E-state index contributed by atoms with van der Waals surface area (Å²) >= 11 is 0. The lowest BCUT2D eigenvalue weighted by atomic mass is 10.1. The molecule has 1 atom stereocenters. The van der Waals surface area contributed by atoms with Gasteiger partial charge in [0.15, 0.2) is 0 Å². The van der Waals surface area contributed by atoms with E-state index in [1.807, 2.05) is 42.5 Å². The van der Waals surface area contributed by atoms with Gasteiger partial charge in [0.2, 0.25) is 11.8 Å². The van der Waals surface area contributed by atoms with Crippen molar-refractivity contribution in [2.45, 2.75) is 32.4 Å². The normalized spacial score (nSPS) is 16.5. The molecule has 28 heavy (non-hydrogen) atoms. The van der Waals surface area contributed by atoms with Crippen molar-refractivity contribution in [3.8, 4) is 0 Å². The number of nitrogens with zero attached hydrogens (tertiary/aromatic N) is 1. The van der Waals surface area contributed by atoms with Crippen molar-refractivity contribution in [1.29, 1.82) is 0 Å². The molecule has 6 nitrogen and oxygen atoms in total. The molecule has 1 aromatic heterocycles. The van der Waals surface area contributed by atoms with Crippen LogP contribution in [0.4, 0.5) is 5.69 Å². The van der Waals surface area contributed by atoms with Crippen LogP contribution in [0, 0.1) is 6.92 Å². The minimum Gasteiger partial charge on any atom is -0.326 e. The Morgan fingerprint density at radius 1 is 1.14 bits per heavy atom. The quantitative estimate of drug-likeness (QED) is 0.735. The van der Waals surface area contributed by atoms with Crippen LogP contribution in [-0.2, 0) is 16.1 Å². The second-order valence-electron chi connectivity index (χ2n) is 7.13. The van der Waals surface area contributed by atoms with Gasteiger partial charge >= 0.3 is 0 Å². The SMILES string of the molecule is Cc1cc2ccc(NC(=O)C3CCC(=O)N3Cc3ccccc3)cc2[nH]c1=O. The van der Waals surface area contributed by atoms with E-state index in [-0.39, 0.29) is 17.4 Å². The van der Waals surface area contributed by atoms with Gasteiger partial charge in [0.05, 0.1) is 5.52 Å². The molecule has 1 aliphatic rings. The smallest absolute Gasteiger partial charge is 0.251 e. The molecule has 1 unspecified atom stereocenters. The van der Waals surface area contributed by atoms with E-state index in [4.69, 9.17) is 0 Å². The number of aromatic amines is 1. The number of aromatic nitrogens is 1. The van der Waals surface area contributed by atoms with Crippen molar-refractivity contribution >= 4 is 28.4 Å². The van der Waals surface area contributed by atoms with Crippen LogP contribution in [0.5, 0.6) is 0 Å². The fraction of sp³-hybridized carbons (Fsp3) is 0.227. The van der Waals surface area contributed by atoms with E-state index in [1.54, 1.807) is 24.0 Å². The Morgan fingerprint density at radius 3 is 2.71 bits per heavy atom. The second kappa shape index (κ2) is 7.31. The third-order valence-electron chi connectivity index (χ3n) is 5.13. The van der Waals surface area contributed by atoms with Crippen molar-refractivity contribution < 1.29 is 9.59 Å². The van der Waals surface area contributed by atoms with E-state index in [0.717, 1.165) is 10.9 Å². The predicted molar refractivity (Wildman–Crippen MR) is 108 cm³/mol. The molecule has 1 fully saturated rings. The van der Waals surface area contributed by atoms with Crippen molar-refractivity contribution in [2.75, 3.05) is 5.32 Å². The number of aryl methyl sites for hydroxylation is 1. The summed E-state index contributed by atoms with van der Waals surface area (Å²) in [4.78, 5) is 41.4. The van der Waals surface area contributed by atoms with Crippen LogP contribution in [0.3, 0.4) is 0 Å². The number of amides is 2. The zero-order chi connectivity index (χ0) is 19.7. The molecule has 1 aliphatic heterocycles. The van der Waals surface area contributed by atoms with E-state index in [0.29, 0.717) is 36.2 Å². The molecule has 0 aliphatic carbocycles. The molecule has 0 bridgehead atoms. The van der Waals surface area contributed by atoms with Gasteiger partial charge in [0.1, 0.15) is 6.04 Å². The lowest BCUT2D eigenvalue weighted by Gasteiger charge is -2.24. The molecule has 4 rings (SSSR count). The molecule has 2 heterocycles. The van der Waals surface area contributed by atoms with E-state index < -0.39 is 6.04 Å². The van der Waals surface area contributed by atoms with Crippen LogP contribution in [0.25, 0.3) is 10.9 Å². The van der Waals surface area contributed by atoms with Crippen molar-refractivity contribution in [3.05, 3.63) is 76.1 Å². The maximum absolute atomic E-state index is 12.8. The Morgan fingerprint density at radius 2 is 1.93 bits per heavy atom. The number of benzene rings is 2. The minimum atomic E-state index is -0.500. The van der Waals surface area contributed by atoms with Crippen LogP contribution in [0.2, 0.25) is 0 Å². The standard InChI is InChI=1S/C22H21N3O3/c1-14-11-16-7-8-17(12-18(16)24-21(14)27)23-22(28)19-9-10-20(26)25(19)13-15-5-3-2-4-6-15/h2-8,11-12,19H,9-10,13H2,1H3,(H,23,28)(H,24,27). The zero-order valence-corrected chi connectivity index (χ0v) is 15.6. The van der Waals surface area contributed by atoms with Crippen LogP contribution >= 0.6 is 0 Å². The maximum Gasteiger partial charge on any atom is 0.251 e. The summed E-state index contributed by atoms with van der Waals surface area (Å²) in [7, 11) is 0. The number of carbonyl (C=O) groups is 2. The van der Waals surface area contributed by atoms with Gasteiger partial charge in [-0.15, -0.1) is 0 Å². The van der Waals surface area contributed by atoms with Crippen LogP contribution in [0.15, 0.2) is 59.4 Å². The lowest BCUT2D eigenvalue weighted by molar-refractivity contribution is -0.133. The van der Waals surface area contributed by atoms with Crippen LogP contribution < -0.4 is 10.9 Å². The Balaban J connectivity index is 1.53. The largest absolute Gasteiger partial charge is 0.326 e. The number of hydrogen-bond acceptors (Lipinski definition) is 3. The first-order valence-electron chi connectivity index (χ1n) is 9.29. The molecule has 2 aromatic carbocycles. The van der Waals surface area contributed by atoms with Gasteiger partial charge in [-0.3, -0.25) is 14.4 Å². The van der Waals surface area contributed by atoms with Gasteiger partial charge < -0.3 is 15.2 Å². The molecular formula is C22H21N3O3. The maximum atomic E-state index is 12.8. The van der Waals surface area contributed by atoms with Crippen LogP contribution in [-0.4, -0.2) is 27.7 Å². The highest BCUT2D eigenvalue weighted by Crippen LogP contribution is 2.24. The van der Waals surface area contributed by atoms with Gasteiger partial charge in [0.25, 0.3) is 5.56 Å². The average Bonchev–Trinajstić information content (AvgIpc) is 3.04. The molecule has 0 spiro atoms. The molecule has 1 saturated heterocycles. The van der Waals surface area contributed by atoms with Crippen molar-refractivity contribution in [3.63, 3.8) is 0 Å². The topological polar surface area (TPSA) is 82.3 Å². The summed E-state index contributed by atoms with van der Waals surface area (Å²) in [6.07, 6.45) is 0.871. The van der Waals surface area contributed by atoms with Gasteiger partial charge in [0, 0.05) is 24.2 Å². The number of fused-ring (bicyclic) bond motifs is 1. The first-order valence-corrected chi connectivity index (χ1v) is 9.29. The number of pyridine rings is 1. The fourth-order valence-corrected chi connectivity index (χ4v) is 3.60. The fourth-order valence-electron chi connectivity index (χ4n) is 3.60. The zero-order valence-electron chi connectivity index (χ0n) is 15.6. The summed E-state index contributed by atoms with van der Waals surface area (Å²) in [6, 6.07) is 16.4. The highest BCUT2D eigenvalue weighted by atomic mass is 16.2. The molecular weight excluding hydrogens is 354 g/mol. The summed E-state index contributed by atoms with van der Waals surface area (Å²) in [6.45, 7) is 2.18. The lowest BCUT2D eigenvalue weighted by Crippen LogP contribution is -2.41. The van der Waals surface area contributed by atoms with Crippen molar-refractivity contribution in [2.24, 2.45) is 0 Å². The van der Waals surface area contributed by atoms with Crippen molar-refractivity contribution in [1.82, 2.24) is 9.88 Å². The number of carbonyl (C=O) groups excluding carboxylic acids is 2. The summed E-state index contributed by atoms with van der Waals surface area (Å²) in [5.74, 6) is -0.224. The molecule has 0 saturated carbocycles. The molecule has 142 valence electrons. The van der Waals surface area contributed by atoms with E-state index in [9.17, 15) is 14.4 Å². The van der Waals surface area contributed by atoms with Gasteiger partial charge in [-0.25, -0.2) is 0 Å². The molecule has 2 N–H and O–H groups in total. The Hall–Kier alpha value is -3.41. The Labute approximate surface area is 162 Å². The second-order valence-corrected chi connectivity index (χ2v) is 7.13. The van der Waals surface area contributed by atoms with Crippen LogP contribution in [0.1, 0.15) is 24.0 Å².